The van der Waals surface area contributed by atoms with Gasteiger partial charge in [0.2, 0.25) is 0 Å². The summed E-state index contributed by atoms with van der Waals surface area (Å²) in [5.41, 5.74) is 10.6. The Bertz CT molecular complexity index is 671. The van der Waals surface area contributed by atoms with E-state index in [9.17, 15) is 0 Å². The third-order valence-corrected chi connectivity index (χ3v) is 6.63. The van der Waals surface area contributed by atoms with Gasteiger partial charge in [0.1, 0.15) is 0 Å². The van der Waals surface area contributed by atoms with Crippen LogP contribution in [-0.4, -0.2) is 24.7 Å². The summed E-state index contributed by atoms with van der Waals surface area (Å²) in [5, 5.41) is 3.32. The number of nitrogens with zero attached hydrogens (tertiary/aromatic N) is 1. The van der Waals surface area contributed by atoms with Gasteiger partial charge in [0.25, 0.3) is 0 Å². The van der Waals surface area contributed by atoms with Crippen molar-refractivity contribution in [2.45, 2.75) is 57.1 Å². The largest absolute Gasteiger partial charge is 0.377 e. The molecule has 1 aliphatic heterocycles. The van der Waals surface area contributed by atoms with E-state index in [-0.39, 0.29) is 24.0 Å². The van der Waals surface area contributed by atoms with E-state index in [1.54, 1.807) is 0 Å². The number of halogens is 1. The number of anilines is 1. The molecule has 130 valence electrons. The zero-order valence-corrected chi connectivity index (χ0v) is 16.3. The SMILES string of the molecule is I.NC(=NC1C2CCOC2C12CCC2)Nc1ccc2c(c1)CCC2. The Morgan fingerprint density at radius 1 is 1.21 bits per heavy atom. The number of guanidine groups is 1. The summed E-state index contributed by atoms with van der Waals surface area (Å²) in [6.45, 7) is 0.904. The molecular formula is C19H26IN3O. The quantitative estimate of drug-likeness (QED) is 0.422. The highest BCUT2D eigenvalue weighted by Crippen LogP contribution is 2.64. The number of fused-ring (bicyclic) bond motifs is 3. The van der Waals surface area contributed by atoms with Crippen LogP contribution in [0.5, 0.6) is 0 Å². The third kappa shape index (κ3) is 2.38. The Morgan fingerprint density at radius 2 is 2.04 bits per heavy atom. The fourth-order valence-electron chi connectivity index (χ4n) is 5.37. The fourth-order valence-corrected chi connectivity index (χ4v) is 5.37. The molecule has 3 fully saturated rings. The van der Waals surface area contributed by atoms with Crippen LogP contribution in [0.3, 0.4) is 0 Å². The molecule has 0 amide bonds. The topological polar surface area (TPSA) is 59.6 Å². The van der Waals surface area contributed by atoms with Crippen LogP contribution in [0.15, 0.2) is 23.2 Å². The smallest absolute Gasteiger partial charge is 0.193 e. The minimum Gasteiger partial charge on any atom is -0.377 e. The summed E-state index contributed by atoms with van der Waals surface area (Å²) < 4.78 is 5.96. The molecule has 1 saturated heterocycles. The molecule has 3 atom stereocenters. The van der Waals surface area contributed by atoms with Crippen molar-refractivity contribution in [2.24, 2.45) is 22.1 Å². The highest BCUT2D eigenvalue weighted by Gasteiger charge is 2.66. The summed E-state index contributed by atoms with van der Waals surface area (Å²) >= 11 is 0. The van der Waals surface area contributed by atoms with Crippen LogP contribution in [0.2, 0.25) is 0 Å². The van der Waals surface area contributed by atoms with Crippen molar-refractivity contribution in [3.8, 4) is 0 Å². The number of nitrogens with one attached hydrogen (secondary N) is 1. The Labute approximate surface area is 160 Å². The zero-order chi connectivity index (χ0) is 15.4. The number of rotatable bonds is 2. The van der Waals surface area contributed by atoms with Gasteiger partial charge in [-0.2, -0.15) is 0 Å². The zero-order valence-electron chi connectivity index (χ0n) is 14.0. The van der Waals surface area contributed by atoms with Gasteiger partial charge in [0.05, 0.1) is 12.1 Å². The van der Waals surface area contributed by atoms with Gasteiger partial charge < -0.3 is 15.8 Å². The molecule has 1 spiro atoms. The van der Waals surface area contributed by atoms with E-state index in [0.717, 1.165) is 18.7 Å². The van der Waals surface area contributed by atoms with Gasteiger partial charge in [-0.25, -0.2) is 4.99 Å². The van der Waals surface area contributed by atoms with Crippen molar-refractivity contribution in [2.75, 3.05) is 11.9 Å². The van der Waals surface area contributed by atoms with Crippen molar-refractivity contribution in [1.29, 1.82) is 0 Å². The molecule has 0 aromatic heterocycles. The van der Waals surface area contributed by atoms with E-state index in [0.29, 0.717) is 29.4 Å². The molecule has 2 saturated carbocycles. The summed E-state index contributed by atoms with van der Waals surface area (Å²) in [4.78, 5) is 4.89. The number of aliphatic imine (C=N–C) groups is 1. The molecule has 24 heavy (non-hydrogen) atoms. The number of aryl methyl sites for hydroxylation is 2. The van der Waals surface area contributed by atoms with Gasteiger partial charge >= 0.3 is 0 Å². The van der Waals surface area contributed by atoms with E-state index in [1.807, 2.05) is 0 Å². The monoisotopic (exact) mass is 439 g/mol. The third-order valence-electron chi connectivity index (χ3n) is 6.63. The minimum absolute atomic E-state index is 0. The molecule has 4 aliphatic rings. The van der Waals surface area contributed by atoms with Gasteiger partial charge in [-0.15, -0.1) is 24.0 Å². The highest BCUT2D eigenvalue weighted by molar-refractivity contribution is 14.0. The average Bonchev–Trinajstić information content (AvgIpc) is 3.10. The highest BCUT2D eigenvalue weighted by atomic mass is 127. The number of ether oxygens (including phenoxy) is 1. The average molecular weight is 439 g/mol. The molecule has 4 nitrogen and oxygen atoms in total. The van der Waals surface area contributed by atoms with Crippen molar-refractivity contribution in [1.82, 2.24) is 0 Å². The van der Waals surface area contributed by atoms with Gasteiger partial charge in [-0.1, -0.05) is 12.5 Å². The second-order valence-corrected chi connectivity index (χ2v) is 7.75. The Kier molecular flexibility index (Phi) is 4.27. The molecule has 3 aliphatic carbocycles. The van der Waals surface area contributed by atoms with E-state index < -0.39 is 0 Å². The molecule has 5 rings (SSSR count). The predicted molar refractivity (Wildman–Crippen MR) is 107 cm³/mol. The first-order chi connectivity index (χ1) is 11.3. The fraction of sp³-hybridized carbons (Fsp3) is 0.632. The number of benzene rings is 1. The standard InChI is InChI=1S/C19H25N3O.HI/c20-18(21-14-6-5-12-3-1-4-13(12)11-14)22-16-15-7-10-23-17(15)19(16)8-2-9-19;/h5-6,11,15-17H,1-4,7-10H2,(H3,20,21,22);1H. The molecule has 3 unspecified atom stereocenters. The van der Waals surface area contributed by atoms with Crippen molar-refractivity contribution >= 4 is 35.6 Å². The molecular weight excluding hydrogens is 413 g/mol. The van der Waals surface area contributed by atoms with Gasteiger partial charge in [-0.05, 0) is 61.8 Å². The normalized spacial score (nSPS) is 32.3. The Hall–Kier alpha value is -0.820. The van der Waals surface area contributed by atoms with Crippen molar-refractivity contribution < 1.29 is 4.74 Å². The first-order valence-electron chi connectivity index (χ1n) is 9.10. The molecule has 3 N–H and O–H groups in total. The van der Waals surface area contributed by atoms with E-state index in [4.69, 9.17) is 15.5 Å². The summed E-state index contributed by atoms with van der Waals surface area (Å²) in [6, 6.07) is 6.97. The van der Waals surface area contributed by atoms with E-state index >= 15 is 0 Å². The molecule has 5 heteroatoms. The first-order valence-corrected chi connectivity index (χ1v) is 9.10. The van der Waals surface area contributed by atoms with E-state index in [1.165, 1.54) is 49.7 Å². The second kappa shape index (κ2) is 6.16. The van der Waals surface area contributed by atoms with Crippen LogP contribution in [0.1, 0.15) is 43.2 Å². The van der Waals surface area contributed by atoms with Crippen molar-refractivity contribution in [3.63, 3.8) is 0 Å². The van der Waals surface area contributed by atoms with Crippen LogP contribution >= 0.6 is 24.0 Å². The molecule has 0 bridgehead atoms. The summed E-state index contributed by atoms with van der Waals surface area (Å²) in [7, 11) is 0. The van der Waals surface area contributed by atoms with Crippen LogP contribution < -0.4 is 11.1 Å². The maximum Gasteiger partial charge on any atom is 0.193 e. The minimum atomic E-state index is 0. The lowest BCUT2D eigenvalue weighted by Gasteiger charge is -2.61. The summed E-state index contributed by atoms with van der Waals surface area (Å²) in [6.07, 6.45) is 9.11. The predicted octanol–water partition coefficient (Wildman–Crippen LogP) is 3.48. The van der Waals surface area contributed by atoms with E-state index in [2.05, 4.69) is 23.5 Å². The lowest BCUT2D eigenvalue weighted by Crippen LogP contribution is -2.65. The number of nitrogens with two attached hydrogens (primary N) is 1. The molecule has 0 radical (unpaired) electrons. The lowest BCUT2D eigenvalue weighted by atomic mass is 9.46. The number of hydrogen-bond acceptors (Lipinski definition) is 2. The molecule has 1 aromatic carbocycles. The number of hydrogen-bond donors (Lipinski definition) is 2. The first kappa shape index (κ1) is 16.6. The Morgan fingerprint density at radius 3 is 2.83 bits per heavy atom. The van der Waals surface area contributed by atoms with Crippen molar-refractivity contribution in [3.05, 3.63) is 29.3 Å². The van der Waals surface area contributed by atoms with Crippen LogP contribution in [0.4, 0.5) is 5.69 Å². The molecule has 1 heterocycles. The maximum absolute atomic E-state index is 6.24. The summed E-state index contributed by atoms with van der Waals surface area (Å²) in [5.74, 6) is 1.17. The lowest BCUT2D eigenvalue weighted by molar-refractivity contribution is -0.164. The second-order valence-electron chi connectivity index (χ2n) is 7.75. The van der Waals surface area contributed by atoms with Crippen LogP contribution in [0, 0.1) is 11.3 Å². The van der Waals surface area contributed by atoms with Gasteiger partial charge in [-0.3, -0.25) is 0 Å². The van der Waals surface area contributed by atoms with Crippen LogP contribution in [-0.2, 0) is 17.6 Å². The maximum atomic E-state index is 6.24. The van der Waals surface area contributed by atoms with Gasteiger partial charge in [0.15, 0.2) is 5.96 Å². The van der Waals surface area contributed by atoms with Crippen LogP contribution in [0.25, 0.3) is 0 Å². The molecule has 1 aromatic rings. The van der Waals surface area contributed by atoms with Gasteiger partial charge in [0, 0.05) is 23.6 Å². The Balaban J connectivity index is 0.00000146.